The van der Waals surface area contributed by atoms with Gasteiger partial charge in [0.05, 0.1) is 30.9 Å². The average Bonchev–Trinajstić information content (AvgIpc) is 3.31. The van der Waals surface area contributed by atoms with Gasteiger partial charge in [0.15, 0.2) is 12.5 Å². The minimum absolute atomic E-state index is 0.678. The predicted molar refractivity (Wildman–Crippen MR) is 104 cm³/mol. The highest BCUT2D eigenvalue weighted by Gasteiger charge is 2.21. The minimum atomic E-state index is 0.678. The summed E-state index contributed by atoms with van der Waals surface area (Å²) < 4.78 is 15.6. The van der Waals surface area contributed by atoms with Crippen molar-refractivity contribution in [3.63, 3.8) is 0 Å². The molecule has 3 heterocycles. The minimum Gasteiger partial charge on any atom is -0.495 e. The molecule has 0 bridgehead atoms. The molecule has 26 heavy (non-hydrogen) atoms. The van der Waals surface area contributed by atoms with Gasteiger partial charge in [-0.15, -0.1) is 16.4 Å². The molecule has 0 unspecified atom stereocenters. The summed E-state index contributed by atoms with van der Waals surface area (Å²) in [6.45, 7) is 4.25. The van der Waals surface area contributed by atoms with Crippen molar-refractivity contribution in [3.8, 4) is 22.1 Å². The molecular weight excluding hydrogens is 368 g/mol. The van der Waals surface area contributed by atoms with Crippen molar-refractivity contribution in [1.29, 1.82) is 0 Å². The second kappa shape index (κ2) is 7.71. The summed E-state index contributed by atoms with van der Waals surface area (Å²) in [6.07, 6.45) is 0. The number of nitrogens with one attached hydrogen (secondary N) is 1. The molecule has 1 fully saturated rings. The molecule has 1 N–H and O–H groups in total. The molecule has 0 atom stereocenters. The molecule has 8 heteroatoms. The summed E-state index contributed by atoms with van der Waals surface area (Å²) in [7, 11) is 1.68. The summed E-state index contributed by atoms with van der Waals surface area (Å²) in [6, 6.07) is 12.0. The lowest BCUT2D eigenvalue weighted by Crippen LogP contribution is -3.13. The number of morpholine rings is 1. The number of nitrogens with zero attached hydrogens (tertiary/aromatic N) is 3. The number of methoxy groups -OCH3 is 1. The Morgan fingerprint density at radius 3 is 2.77 bits per heavy atom. The number of benzene rings is 1. The molecule has 1 aliphatic rings. The molecule has 0 amide bonds. The quantitative estimate of drug-likeness (QED) is 0.678. The molecule has 1 saturated heterocycles. The molecule has 136 valence electrons. The van der Waals surface area contributed by atoms with Crippen molar-refractivity contribution >= 4 is 23.6 Å². The smallest absolute Gasteiger partial charge is 0.207 e. The largest absolute Gasteiger partial charge is 0.495 e. The summed E-state index contributed by atoms with van der Waals surface area (Å²) in [5.41, 5.74) is 0.909. The lowest BCUT2D eigenvalue weighted by molar-refractivity contribution is -0.930. The van der Waals surface area contributed by atoms with E-state index in [4.69, 9.17) is 26.8 Å². The Morgan fingerprint density at radius 2 is 2.04 bits per heavy atom. The van der Waals surface area contributed by atoms with E-state index >= 15 is 0 Å². The van der Waals surface area contributed by atoms with Crippen LogP contribution in [-0.2, 0) is 11.4 Å². The van der Waals surface area contributed by atoms with Crippen LogP contribution in [0.5, 0.6) is 5.75 Å². The van der Waals surface area contributed by atoms with Crippen LogP contribution in [0.3, 0.4) is 0 Å². The number of hydrogen-bond donors (Lipinski definition) is 1. The highest BCUT2D eigenvalue weighted by atomic mass is 32.1. The van der Waals surface area contributed by atoms with Gasteiger partial charge in [-0.25, -0.2) is 0 Å². The fourth-order valence-electron chi connectivity index (χ4n) is 3.14. The second-order valence-corrected chi connectivity index (χ2v) is 7.42. The molecule has 0 spiro atoms. The Morgan fingerprint density at radius 1 is 1.23 bits per heavy atom. The van der Waals surface area contributed by atoms with E-state index in [-0.39, 0.29) is 0 Å². The van der Waals surface area contributed by atoms with Crippen LogP contribution in [0.2, 0.25) is 0 Å². The van der Waals surface area contributed by atoms with Crippen LogP contribution in [0.25, 0.3) is 16.4 Å². The Hall–Kier alpha value is -2.00. The van der Waals surface area contributed by atoms with Crippen molar-refractivity contribution in [2.45, 2.75) is 6.67 Å². The summed E-state index contributed by atoms with van der Waals surface area (Å²) in [5, 5.41) is 6.92. The molecule has 0 radical (unpaired) electrons. The van der Waals surface area contributed by atoms with Gasteiger partial charge >= 0.3 is 0 Å². The molecule has 4 rings (SSSR count). The van der Waals surface area contributed by atoms with Gasteiger partial charge in [-0.1, -0.05) is 18.2 Å². The monoisotopic (exact) mass is 389 g/mol. The van der Waals surface area contributed by atoms with Crippen LogP contribution in [0.1, 0.15) is 0 Å². The SMILES string of the molecule is COc1ccccc1-n1c(-c2cccs2)nn(C[NH+]2CCOCC2)c1=S. The fraction of sp³-hybridized carbons (Fsp3) is 0.333. The standard InChI is InChI=1S/C18H20N4O2S2/c1-23-15-6-3-2-5-14(15)22-17(16-7-4-12-26-16)19-21(18(22)25)13-20-8-10-24-11-9-20/h2-7,12H,8-11,13H2,1H3/p+1. The van der Waals surface area contributed by atoms with Gasteiger partial charge in [0.1, 0.15) is 18.8 Å². The van der Waals surface area contributed by atoms with Gasteiger partial charge in [-0.05, 0) is 35.8 Å². The van der Waals surface area contributed by atoms with Gasteiger partial charge in [0, 0.05) is 0 Å². The van der Waals surface area contributed by atoms with E-state index in [1.54, 1.807) is 18.4 Å². The van der Waals surface area contributed by atoms with Crippen LogP contribution < -0.4 is 9.64 Å². The molecule has 1 aromatic carbocycles. The van der Waals surface area contributed by atoms with Gasteiger partial charge in [-0.3, -0.25) is 4.57 Å². The maximum Gasteiger partial charge on any atom is 0.207 e. The number of para-hydroxylation sites is 2. The van der Waals surface area contributed by atoms with Crippen LogP contribution in [0.4, 0.5) is 0 Å². The number of thiophene rings is 1. The van der Waals surface area contributed by atoms with Crippen LogP contribution in [-0.4, -0.2) is 47.8 Å². The zero-order chi connectivity index (χ0) is 17.9. The van der Waals surface area contributed by atoms with Crippen molar-refractivity contribution in [1.82, 2.24) is 14.3 Å². The highest BCUT2D eigenvalue weighted by molar-refractivity contribution is 7.71. The van der Waals surface area contributed by atoms with E-state index in [2.05, 4.69) is 11.4 Å². The van der Waals surface area contributed by atoms with Crippen molar-refractivity contribution < 1.29 is 14.4 Å². The number of ether oxygens (including phenoxy) is 2. The second-order valence-electron chi connectivity index (χ2n) is 6.11. The van der Waals surface area contributed by atoms with Crippen LogP contribution >= 0.6 is 23.6 Å². The Balaban J connectivity index is 1.82. The molecule has 1 aliphatic heterocycles. The zero-order valence-corrected chi connectivity index (χ0v) is 16.2. The topological polar surface area (TPSA) is 45.7 Å². The van der Waals surface area contributed by atoms with Crippen molar-refractivity contribution in [2.75, 3.05) is 33.4 Å². The normalized spacial score (nSPS) is 15.3. The number of rotatable bonds is 5. The van der Waals surface area contributed by atoms with Crippen molar-refractivity contribution in [3.05, 3.63) is 46.5 Å². The maximum absolute atomic E-state index is 5.81. The van der Waals surface area contributed by atoms with Gasteiger partial charge < -0.3 is 14.4 Å². The van der Waals surface area contributed by atoms with E-state index in [9.17, 15) is 0 Å². The third-order valence-corrected chi connectivity index (χ3v) is 5.74. The lowest BCUT2D eigenvalue weighted by atomic mass is 10.3. The first kappa shape index (κ1) is 17.4. The Labute approximate surface area is 161 Å². The van der Waals surface area contributed by atoms with E-state index in [0.717, 1.165) is 55.1 Å². The first-order chi connectivity index (χ1) is 12.8. The van der Waals surface area contributed by atoms with E-state index in [1.165, 1.54) is 4.90 Å². The summed E-state index contributed by atoms with van der Waals surface area (Å²) in [5.74, 6) is 1.63. The van der Waals surface area contributed by atoms with E-state index in [0.29, 0.717) is 4.77 Å². The molecule has 0 aliphatic carbocycles. The van der Waals surface area contributed by atoms with Crippen LogP contribution in [0, 0.1) is 4.77 Å². The van der Waals surface area contributed by atoms with Gasteiger partial charge in [-0.2, -0.15) is 4.68 Å². The highest BCUT2D eigenvalue weighted by Crippen LogP contribution is 2.30. The first-order valence-electron chi connectivity index (χ1n) is 8.56. The fourth-order valence-corrected chi connectivity index (χ4v) is 4.13. The molecule has 0 saturated carbocycles. The first-order valence-corrected chi connectivity index (χ1v) is 9.85. The summed E-state index contributed by atoms with van der Waals surface area (Å²) in [4.78, 5) is 2.51. The Bertz CT molecular complexity index is 927. The van der Waals surface area contributed by atoms with E-state index < -0.39 is 0 Å². The predicted octanol–water partition coefficient (Wildman–Crippen LogP) is 2.01. The molecule has 2 aromatic heterocycles. The molecule has 6 nitrogen and oxygen atoms in total. The van der Waals surface area contributed by atoms with Gasteiger partial charge in [0.25, 0.3) is 0 Å². The number of aromatic nitrogens is 3. The molecular formula is C18H21N4O2S2+. The Kier molecular flexibility index (Phi) is 5.16. The van der Waals surface area contributed by atoms with Gasteiger partial charge in [0.2, 0.25) is 4.77 Å². The van der Waals surface area contributed by atoms with Crippen LogP contribution in [0.15, 0.2) is 41.8 Å². The van der Waals surface area contributed by atoms with Crippen molar-refractivity contribution in [2.24, 2.45) is 0 Å². The molecule has 3 aromatic rings. The third-order valence-electron chi connectivity index (χ3n) is 4.48. The maximum atomic E-state index is 5.81. The number of quaternary nitrogens is 1. The lowest BCUT2D eigenvalue weighted by Gasteiger charge is -2.23. The van der Waals surface area contributed by atoms with E-state index in [1.807, 2.05) is 39.6 Å². The summed E-state index contributed by atoms with van der Waals surface area (Å²) >= 11 is 7.47. The zero-order valence-electron chi connectivity index (χ0n) is 14.6. The number of hydrogen-bond acceptors (Lipinski definition) is 5. The average molecular weight is 390 g/mol. The third kappa shape index (κ3) is 3.33.